The molecule has 10 nitrogen and oxygen atoms in total. The number of methoxy groups -OCH3 is 1. The van der Waals surface area contributed by atoms with Crippen LogP contribution < -0.4 is 30.3 Å². The zero-order valence-electron chi connectivity index (χ0n) is 20.1. The molecule has 3 aromatic carbocycles. The summed E-state index contributed by atoms with van der Waals surface area (Å²) in [6.45, 7) is 1.80. The Hall–Kier alpha value is -4.57. The standard InChI is InChI=1S/C26H25ClN4O6/c1-3-36-22-14-17(13-21(27)24(22)37-16-23(32)29-18-7-5-4-6-8-18)15-28-31-26(34)25(33)30-19-9-11-20(35-2)12-10-19/h4-15H,3,16H2,1-2H3,(H,29,32)(H,30,33)(H,31,34)/b28-15-. The van der Waals surface area contributed by atoms with Crippen LogP contribution in [0.3, 0.4) is 0 Å². The first-order chi connectivity index (χ1) is 17.9. The summed E-state index contributed by atoms with van der Waals surface area (Å²) in [5, 5.41) is 9.14. The summed E-state index contributed by atoms with van der Waals surface area (Å²) in [5.74, 6) is -1.14. The van der Waals surface area contributed by atoms with E-state index in [2.05, 4.69) is 21.2 Å². The number of halogens is 1. The van der Waals surface area contributed by atoms with Gasteiger partial charge >= 0.3 is 11.8 Å². The molecule has 3 rings (SSSR count). The molecular weight excluding hydrogens is 500 g/mol. The number of carbonyl (C=O) groups excluding carboxylic acids is 3. The number of carbonyl (C=O) groups is 3. The van der Waals surface area contributed by atoms with E-state index in [0.717, 1.165) is 0 Å². The van der Waals surface area contributed by atoms with Crippen molar-refractivity contribution in [2.45, 2.75) is 6.92 Å². The van der Waals surface area contributed by atoms with Gasteiger partial charge in [-0.1, -0.05) is 29.8 Å². The highest BCUT2D eigenvalue weighted by atomic mass is 35.5. The van der Waals surface area contributed by atoms with E-state index in [1.165, 1.54) is 19.4 Å². The van der Waals surface area contributed by atoms with Crippen LogP contribution in [0, 0.1) is 0 Å². The molecule has 0 aliphatic heterocycles. The SMILES string of the molecule is CCOc1cc(/C=N\NC(=O)C(=O)Nc2ccc(OC)cc2)cc(Cl)c1OCC(=O)Nc1ccccc1. The van der Waals surface area contributed by atoms with Gasteiger partial charge in [0, 0.05) is 11.4 Å². The third-order valence-electron chi connectivity index (χ3n) is 4.67. The lowest BCUT2D eigenvalue weighted by Crippen LogP contribution is -2.32. The minimum absolute atomic E-state index is 0.170. The van der Waals surface area contributed by atoms with Gasteiger partial charge in [0.1, 0.15) is 5.75 Å². The van der Waals surface area contributed by atoms with Crippen molar-refractivity contribution in [3.8, 4) is 17.2 Å². The van der Waals surface area contributed by atoms with Crippen LogP contribution in [0.4, 0.5) is 11.4 Å². The predicted molar refractivity (Wildman–Crippen MR) is 141 cm³/mol. The maximum absolute atomic E-state index is 12.2. The number of ether oxygens (including phenoxy) is 3. The predicted octanol–water partition coefficient (Wildman–Crippen LogP) is 3.85. The quantitative estimate of drug-likeness (QED) is 0.210. The van der Waals surface area contributed by atoms with Gasteiger partial charge in [-0.15, -0.1) is 0 Å². The van der Waals surface area contributed by atoms with Crippen molar-refractivity contribution in [2.24, 2.45) is 5.10 Å². The molecule has 3 amide bonds. The highest BCUT2D eigenvalue weighted by Gasteiger charge is 2.15. The van der Waals surface area contributed by atoms with Gasteiger partial charge in [-0.25, -0.2) is 5.43 Å². The number of rotatable bonds is 10. The molecular formula is C26H25ClN4O6. The molecule has 0 atom stereocenters. The fourth-order valence-electron chi connectivity index (χ4n) is 3.00. The van der Waals surface area contributed by atoms with E-state index in [0.29, 0.717) is 29.3 Å². The average Bonchev–Trinajstić information content (AvgIpc) is 2.89. The Morgan fingerprint density at radius 3 is 2.30 bits per heavy atom. The van der Waals surface area contributed by atoms with Crippen LogP contribution in [0.1, 0.15) is 12.5 Å². The molecule has 0 unspecified atom stereocenters. The highest BCUT2D eigenvalue weighted by Crippen LogP contribution is 2.36. The van der Waals surface area contributed by atoms with E-state index in [-0.39, 0.29) is 29.0 Å². The van der Waals surface area contributed by atoms with Gasteiger partial charge in [0.2, 0.25) is 0 Å². The topological polar surface area (TPSA) is 127 Å². The molecule has 0 aromatic heterocycles. The summed E-state index contributed by atoms with van der Waals surface area (Å²) < 4.78 is 16.3. The summed E-state index contributed by atoms with van der Waals surface area (Å²) in [6, 6.07) is 18.5. The van der Waals surface area contributed by atoms with Crippen LogP contribution in [0.2, 0.25) is 5.02 Å². The molecule has 3 N–H and O–H groups in total. The number of nitrogens with zero attached hydrogens (tertiary/aromatic N) is 1. The maximum Gasteiger partial charge on any atom is 0.329 e. The summed E-state index contributed by atoms with van der Waals surface area (Å²) in [7, 11) is 1.52. The van der Waals surface area contributed by atoms with E-state index in [1.807, 2.05) is 6.07 Å². The molecule has 0 saturated carbocycles. The third-order valence-corrected chi connectivity index (χ3v) is 4.95. The Morgan fingerprint density at radius 1 is 0.919 bits per heavy atom. The molecule has 11 heteroatoms. The van der Waals surface area contributed by atoms with Crippen LogP contribution in [0.5, 0.6) is 17.2 Å². The van der Waals surface area contributed by atoms with Crippen molar-refractivity contribution in [3.63, 3.8) is 0 Å². The minimum atomic E-state index is -0.965. The van der Waals surface area contributed by atoms with Crippen molar-refractivity contribution < 1.29 is 28.6 Å². The van der Waals surface area contributed by atoms with E-state index in [9.17, 15) is 14.4 Å². The number of para-hydroxylation sites is 1. The Kier molecular flexibility index (Phi) is 9.86. The molecule has 0 aliphatic rings. The molecule has 0 heterocycles. The Morgan fingerprint density at radius 2 is 1.62 bits per heavy atom. The van der Waals surface area contributed by atoms with Gasteiger partial charge < -0.3 is 24.8 Å². The zero-order valence-corrected chi connectivity index (χ0v) is 20.9. The monoisotopic (exact) mass is 524 g/mol. The fourth-order valence-corrected chi connectivity index (χ4v) is 3.27. The second-order valence-electron chi connectivity index (χ2n) is 7.35. The smallest absolute Gasteiger partial charge is 0.329 e. The lowest BCUT2D eigenvalue weighted by Gasteiger charge is -2.14. The zero-order chi connectivity index (χ0) is 26.6. The van der Waals surface area contributed by atoms with E-state index in [4.69, 9.17) is 25.8 Å². The first-order valence-electron chi connectivity index (χ1n) is 11.1. The number of hydrogen-bond acceptors (Lipinski definition) is 7. The Bertz CT molecular complexity index is 1270. The van der Waals surface area contributed by atoms with Gasteiger partial charge in [0.05, 0.1) is 25.0 Å². The lowest BCUT2D eigenvalue weighted by atomic mass is 10.2. The van der Waals surface area contributed by atoms with Gasteiger partial charge in [-0.3, -0.25) is 14.4 Å². The number of amides is 3. The van der Waals surface area contributed by atoms with Gasteiger partial charge in [-0.05, 0) is 61.0 Å². The molecule has 0 saturated heterocycles. The second-order valence-corrected chi connectivity index (χ2v) is 7.75. The number of hydrogen-bond donors (Lipinski definition) is 3. The van der Waals surface area contributed by atoms with Gasteiger partial charge in [0.25, 0.3) is 5.91 Å². The van der Waals surface area contributed by atoms with E-state index >= 15 is 0 Å². The average molecular weight is 525 g/mol. The van der Waals surface area contributed by atoms with E-state index < -0.39 is 11.8 Å². The number of hydrazone groups is 1. The van der Waals surface area contributed by atoms with Crippen molar-refractivity contribution in [1.29, 1.82) is 0 Å². The number of nitrogens with one attached hydrogen (secondary N) is 3. The lowest BCUT2D eigenvalue weighted by molar-refractivity contribution is -0.136. The largest absolute Gasteiger partial charge is 0.497 e. The normalized spacial score (nSPS) is 10.5. The molecule has 0 radical (unpaired) electrons. The minimum Gasteiger partial charge on any atom is -0.497 e. The van der Waals surface area contributed by atoms with Gasteiger partial charge in [0.15, 0.2) is 18.1 Å². The van der Waals surface area contributed by atoms with Crippen molar-refractivity contribution in [3.05, 3.63) is 77.3 Å². The summed E-state index contributed by atoms with van der Waals surface area (Å²) >= 11 is 6.36. The second kappa shape index (κ2) is 13.5. The van der Waals surface area contributed by atoms with Crippen molar-refractivity contribution in [2.75, 3.05) is 31.0 Å². The van der Waals surface area contributed by atoms with Crippen molar-refractivity contribution >= 4 is 46.9 Å². The van der Waals surface area contributed by atoms with Crippen LogP contribution >= 0.6 is 11.6 Å². The van der Waals surface area contributed by atoms with Crippen molar-refractivity contribution in [1.82, 2.24) is 5.43 Å². The number of anilines is 2. The first kappa shape index (κ1) is 27.0. The molecule has 3 aromatic rings. The first-order valence-corrected chi connectivity index (χ1v) is 11.5. The maximum atomic E-state index is 12.2. The third kappa shape index (κ3) is 8.25. The summed E-state index contributed by atoms with van der Waals surface area (Å²) in [6.07, 6.45) is 1.29. The Balaban J connectivity index is 1.59. The fraction of sp³-hybridized carbons (Fsp3) is 0.154. The summed E-state index contributed by atoms with van der Waals surface area (Å²) in [4.78, 5) is 36.3. The van der Waals surface area contributed by atoms with Crippen LogP contribution in [0.25, 0.3) is 0 Å². The molecule has 0 fully saturated rings. The van der Waals surface area contributed by atoms with Gasteiger partial charge in [-0.2, -0.15) is 5.10 Å². The van der Waals surface area contributed by atoms with Crippen LogP contribution in [-0.4, -0.2) is 44.3 Å². The summed E-state index contributed by atoms with van der Waals surface area (Å²) in [5.41, 5.74) is 3.67. The molecule has 192 valence electrons. The molecule has 0 aliphatic carbocycles. The molecule has 37 heavy (non-hydrogen) atoms. The van der Waals surface area contributed by atoms with E-state index in [1.54, 1.807) is 61.5 Å². The molecule has 0 spiro atoms. The van der Waals surface area contributed by atoms with Crippen LogP contribution in [-0.2, 0) is 14.4 Å². The number of benzene rings is 3. The molecule has 0 bridgehead atoms. The van der Waals surface area contributed by atoms with Crippen LogP contribution in [0.15, 0.2) is 71.8 Å². The highest BCUT2D eigenvalue weighted by molar-refractivity contribution is 6.39. The Labute approximate surface area is 218 Å².